The van der Waals surface area contributed by atoms with Crippen molar-refractivity contribution in [1.29, 1.82) is 0 Å². The number of nitrogens with zero attached hydrogens (tertiary/aromatic N) is 1. The lowest BCUT2D eigenvalue weighted by atomic mass is 10.1. The molecule has 0 unspecified atom stereocenters. The molecule has 0 spiro atoms. The highest BCUT2D eigenvalue weighted by molar-refractivity contribution is 7.18. The number of amides is 1. The molecule has 3 heterocycles. The van der Waals surface area contributed by atoms with Crippen LogP contribution in [0.1, 0.15) is 38.2 Å². The summed E-state index contributed by atoms with van der Waals surface area (Å²) in [6.45, 7) is 4.08. The molecule has 0 saturated heterocycles. The number of thiophene rings is 1. The molecular weight excluding hydrogens is 466 g/mol. The number of furan rings is 1. The Labute approximate surface area is 207 Å². The average Bonchev–Trinajstić information content (AvgIpc) is 3.54. The van der Waals surface area contributed by atoms with Crippen molar-refractivity contribution in [1.82, 2.24) is 15.2 Å². The van der Waals surface area contributed by atoms with Crippen LogP contribution in [0.15, 0.2) is 64.1 Å². The first-order valence-electron chi connectivity index (χ1n) is 11.4. The van der Waals surface area contributed by atoms with Gasteiger partial charge >= 0.3 is 0 Å². The number of aliphatic hydroxyl groups excluding tert-OH is 1. The van der Waals surface area contributed by atoms with Crippen LogP contribution in [0.25, 0.3) is 10.2 Å². The Morgan fingerprint density at radius 3 is 2.74 bits per heavy atom. The standard InChI is InChI=1S/C26H29N3O5S/c1-17-5-7-18(8-6-17)13-28-25(32)21-16-29(9-11-33-2)26-20(24(21)31)12-19(35-26)14-27-15-22(30)23-4-3-10-34-23/h3-8,10,12,16,22,27,30H,9,11,13-15H2,1-2H3,(H,28,32)/t22-/m1/s1. The third-order valence-corrected chi connectivity index (χ3v) is 6.83. The number of benzene rings is 1. The third kappa shape index (κ3) is 6.07. The molecule has 0 saturated carbocycles. The van der Waals surface area contributed by atoms with Crippen LogP contribution in [0.4, 0.5) is 0 Å². The van der Waals surface area contributed by atoms with E-state index in [4.69, 9.17) is 9.15 Å². The maximum Gasteiger partial charge on any atom is 0.257 e. The largest absolute Gasteiger partial charge is 0.467 e. The van der Waals surface area contributed by atoms with E-state index in [0.717, 1.165) is 20.8 Å². The minimum Gasteiger partial charge on any atom is -0.467 e. The molecule has 0 aliphatic carbocycles. The first-order chi connectivity index (χ1) is 17.0. The zero-order valence-corrected chi connectivity index (χ0v) is 20.6. The van der Waals surface area contributed by atoms with Crippen LogP contribution in [-0.4, -0.2) is 35.8 Å². The van der Waals surface area contributed by atoms with Gasteiger partial charge in [0.25, 0.3) is 5.91 Å². The van der Waals surface area contributed by atoms with Crippen molar-refractivity contribution in [3.05, 3.63) is 92.5 Å². The fourth-order valence-electron chi connectivity index (χ4n) is 3.73. The second kappa shape index (κ2) is 11.5. The Morgan fingerprint density at radius 1 is 1.23 bits per heavy atom. The lowest BCUT2D eigenvalue weighted by Gasteiger charge is -2.11. The lowest BCUT2D eigenvalue weighted by molar-refractivity contribution is 0.0949. The van der Waals surface area contributed by atoms with Gasteiger partial charge < -0.3 is 29.5 Å². The van der Waals surface area contributed by atoms with E-state index in [1.54, 1.807) is 25.4 Å². The molecule has 1 amide bonds. The van der Waals surface area contributed by atoms with Gasteiger partial charge in [0.05, 0.1) is 18.3 Å². The molecule has 3 aromatic heterocycles. The quantitative estimate of drug-likeness (QED) is 0.295. The first kappa shape index (κ1) is 24.9. The molecule has 4 rings (SSSR count). The predicted octanol–water partition coefficient (Wildman–Crippen LogP) is 3.36. The van der Waals surface area contributed by atoms with Crippen molar-refractivity contribution in [3.63, 3.8) is 0 Å². The molecule has 8 nitrogen and oxygen atoms in total. The lowest BCUT2D eigenvalue weighted by Crippen LogP contribution is -2.29. The third-order valence-electron chi connectivity index (χ3n) is 5.66. The number of nitrogens with one attached hydrogen (secondary N) is 2. The topological polar surface area (TPSA) is 106 Å². The number of methoxy groups -OCH3 is 1. The molecule has 1 atom stereocenters. The Balaban J connectivity index is 1.52. The summed E-state index contributed by atoms with van der Waals surface area (Å²) in [6.07, 6.45) is 2.38. The highest BCUT2D eigenvalue weighted by Crippen LogP contribution is 2.24. The number of carbonyl (C=O) groups is 1. The van der Waals surface area contributed by atoms with E-state index in [9.17, 15) is 14.7 Å². The van der Waals surface area contributed by atoms with Crippen LogP contribution in [0, 0.1) is 6.92 Å². The van der Waals surface area contributed by atoms with Gasteiger partial charge in [0.1, 0.15) is 22.3 Å². The molecule has 184 valence electrons. The van der Waals surface area contributed by atoms with E-state index in [2.05, 4.69) is 10.6 Å². The molecule has 1 aromatic carbocycles. The summed E-state index contributed by atoms with van der Waals surface area (Å²) in [6, 6.07) is 13.1. The van der Waals surface area contributed by atoms with Gasteiger partial charge in [-0.05, 0) is 30.7 Å². The molecule has 0 bridgehead atoms. The monoisotopic (exact) mass is 495 g/mol. The van der Waals surface area contributed by atoms with E-state index in [0.29, 0.717) is 43.9 Å². The van der Waals surface area contributed by atoms with Crippen LogP contribution in [0.5, 0.6) is 0 Å². The zero-order valence-electron chi connectivity index (χ0n) is 19.7. The van der Waals surface area contributed by atoms with E-state index in [1.807, 2.05) is 41.8 Å². The Kier molecular flexibility index (Phi) is 8.14. The van der Waals surface area contributed by atoms with Gasteiger partial charge in [0, 0.05) is 44.4 Å². The number of pyridine rings is 1. The van der Waals surface area contributed by atoms with Crippen LogP contribution in [-0.2, 0) is 24.4 Å². The van der Waals surface area contributed by atoms with Crippen molar-refractivity contribution < 1.29 is 19.1 Å². The molecule has 0 radical (unpaired) electrons. The Bertz CT molecular complexity index is 1330. The van der Waals surface area contributed by atoms with Crippen molar-refractivity contribution >= 4 is 27.5 Å². The second-order valence-electron chi connectivity index (χ2n) is 8.32. The van der Waals surface area contributed by atoms with Crippen molar-refractivity contribution in [3.8, 4) is 0 Å². The van der Waals surface area contributed by atoms with E-state index < -0.39 is 12.0 Å². The zero-order chi connectivity index (χ0) is 24.8. The van der Waals surface area contributed by atoms with Crippen LogP contribution in [0.3, 0.4) is 0 Å². The maximum absolute atomic E-state index is 13.2. The summed E-state index contributed by atoms with van der Waals surface area (Å²) in [5.41, 5.74) is 1.91. The summed E-state index contributed by atoms with van der Waals surface area (Å²) in [7, 11) is 1.61. The summed E-state index contributed by atoms with van der Waals surface area (Å²) in [4.78, 5) is 27.9. The minimum absolute atomic E-state index is 0.103. The summed E-state index contributed by atoms with van der Waals surface area (Å²) >= 11 is 1.48. The predicted molar refractivity (Wildman–Crippen MR) is 136 cm³/mol. The van der Waals surface area contributed by atoms with Gasteiger partial charge in [-0.15, -0.1) is 11.3 Å². The van der Waals surface area contributed by atoms with Crippen molar-refractivity contribution in [2.75, 3.05) is 20.3 Å². The summed E-state index contributed by atoms with van der Waals surface area (Å²) < 4.78 is 12.3. The number of aromatic nitrogens is 1. The van der Waals surface area contributed by atoms with Gasteiger partial charge in [-0.2, -0.15) is 0 Å². The number of fused-ring (bicyclic) bond motifs is 1. The SMILES string of the molecule is COCCn1cc(C(=O)NCc2ccc(C)cc2)c(=O)c2cc(CNC[C@@H](O)c3ccco3)sc21. The normalized spacial score (nSPS) is 12.2. The molecule has 0 aliphatic rings. The average molecular weight is 496 g/mol. The van der Waals surface area contributed by atoms with Gasteiger partial charge in [-0.3, -0.25) is 9.59 Å². The number of hydrogen-bond donors (Lipinski definition) is 3. The number of rotatable bonds is 11. The van der Waals surface area contributed by atoms with E-state index in [-0.39, 0.29) is 11.0 Å². The Morgan fingerprint density at radius 2 is 2.03 bits per heavy atom. The van der Waals surface area contributed by atoms with Gasteiger partial charge in [0.15, 0.2) is 0 Å². The molecule has 0 fully saturated rings. The molecule has 3 N–H and O–H groups in total. The highest BCUT2D eigenvalue weighted by atomic mass is 32.1. The number of aliphatic hydroxyl groups is 1. The van der Waals surface area contributed by atoms with Gasteiger partial charge in [0.2, 0.25) is 5.43 Å². The molecular formula is C26H29N3O5S. The second-order valence-corrected chi connectivity index (χ2v) is 9.44. The highest BCUT2D eigenvalue weighted by Gasteiger charge is 2.18. The van der Waals surface area contributed by atoms with Crippen LogP contribution >= 0.6 is 11.3 Å². The van der Waals surface area contributed by atoms with Crippen molar-refractivity contribution in [2.24, 2.45) is 0 Å². The number of aryl methyl sites for hydroxylation is 1. The van der Waals surface area contributed by atoms with Gasteiger partial charge in [-0.1, -0.05) is 29.8 Å². The number of ether oxygens (including phenoxy) is 1. The van der Waals surface area contributed by atoms with E-state index in [1.165, 1.54) is 17.6 Å². The fraction of sp³-hybridized carbons (Fsp3) is 0.308. The van der Waals surface area contributed by atoms with E-state index >= 15 is 0 Å². The fourth-order valence-corrected chi connectivity index (χ4v) is 4.85. The molecule has 4 aromatic rings. The van der Waals surface area contributed by atoms with Crippen molar-refractivity contribution in [2.45, 2.75) is 32.7 Å². The molecule has 9 heteroatoms. The van der Waals surface area contributed by atoms with Crippen LogP contribution in [0.2, 0.25) is 0 Å². The van der Waals surface area contributed by atoms with Gasteiger partial charge in [-0.25, -0.2) is 0 Å². The smallest absolute Gasteiger partial charge is 0.257 e. The molecule has 35 heavy (non-hydrogen) atoms. The number of carbonyl (C=O) groups excluding carboxylic acids is 1. The van der Waals surface area contributed by atoms with Crippen LogP contribution < -0.4 is 16.1 Å². The Hall–Kier alpha value is -3.24. The maximum atomic E-state index is 13.2. The summed E-state index contributed by atoms with van der Waals surface area (Å²) in [5, 5.41) is 16.7. The minimum atomic E-state index is -0.759. The summed E-state index contributed by atoms with van der Waals surface area (Å²) in [5.74, 6) is 0.0884. The first-order valence-corrected chi connectivity index (χ1v) is 12.2. The molecule has 0 aliphatic heterocycles. The number of hydrogen-bond acceptors (Lipinski definition) is 7.